The summed E-state index contributed by atoms with van der Waals surface area (Å²) in [6, 6.07) is 13.8. The molecule has 0 spiro atoms. The number of aromatic hydroxyl groups is 1. The van der Waals surface area contributed by atoms with Gasteiger partial charge in [-0.1, -0.05) is 36.0 Å². The van der Waals surface area contributed by atoms with Crippen LogP contribution >= 0.6 is 23.1 Å². The van der Waals surface area contributed by atoms with Crippen molar-refractivity contribution in [2.45, 2.75) is 23.4 Å². The summed E-state index contributed by atoms with van der Waals surface area (Å²) >= 11 is 3.17. The maximum absolute atomic E-state index is 12.9. The van der Waals surface area contributed by atoms with Gasteiger partial charge in [-0.2, -0.15) is 0 Å². The second kappa shape index (κ2) is 10.5. The molecule has 0 saturated heterocycles. The molecule has 9 heteroatoms. The number of phenolic OH excluding ortho intramolecular Hbond substituents is 1. The Bertz CT molecular complexity index is 1280. The molecule has 0 unspecified atom stereocenters. The van der Waals surface area contributed by atoms with Gasteiger partial charge in [0.15, 0.2) is 5.76 Å². The van der Waals surface area contributed by atoms with Crippen LogP contribution < -0.4 is 10.6 Å². The van der Waals surface area contributed by atoms with Crippen LogP contribution in [0.5, 0.6) is 5.75 Å². The minimum atomic E-state index is -0.281. The molecule has 0 atom stereocenters. The fraction of sp³-hybridized carbons (Fsp3) is 0.208. The number of carbonyl (C=O) groups excluding carboxylic acids is 2. The molecule has 0 radical (unpaired) electrons. The Balaban J connectivity index is 1.34. The largest absolute Gasteiger partial charge is 0.508 e. The molecule has 4 aromatic rings. The Kier molecular flexibility index (Phi) is 7.31. The van der Waals surface area contributed by atoms with Crippen LogP contribution in [-0.2, 0) is 5.75 Å². The molecule has 2 heterocycles. The highest BCUT2D eigenvalue weighted by atomic mass is 32.2. The van der Waals surface area contributed by atoms with E-state index in [4.69, 9.17) is 4.42 Å². The predicted molar refractivity (Wildman–Crippen MR) is 130 cm³/mol. The number of fused-ring (bicyclic) bond motifs is 1. The number of furan rings is 1. The molecule has 0 fully saturated rings. The van der Waals surface area contributed by atoms with Crippen molar-refractivity contribution >= 4 is 45.9 Å². The van der Waals surface area contributed by atoms with Crippen molar-refractivity contribution < 1.29 is 19.1 Å². The number of para-hydroxylation sites is 1. The average Bonchev–Trinajstić information content (AvgIpc) is 3.40. The zero-order chi connectivity index (χ0) is 23.2. The monoisotopic (exact) mass is 481 g/mol. The molecule has 0 aliphatic heterocycles. The summed E-state index contributed by atoms with van der Waals surface area (Å²) in [7, 11) is 0. The van der Waals surface area contributed by atoms with E-state index in [2.05, 4.69) is 15.6 Å². The first kappa shape index (κ1) is 22.9. The number of thioether (sulfide) groups is 1. The number of aromatic nitrogens is 1. The second-order valence-corrected chi connectivity index (χ2v) is 9.45. The van der Waals surface area contributed by atoms with E-state index >= 15 is 0 Å². The lowest BCUT2D eigenvalue weighted by Gasteiger charge is -2.07. The van der Waals surface area contributed by atoms with Crippen molar-refractivity contribution in [1.82, 2.24) is 15.6 Å². The predicted octanol–water partition coefficient (Wildman–Crippen LogP) is 4.75. The lowest BCUT2D eigenvalue weighted by atomic mass is 10.1. The van der Waals surface area contributed by atoms with Gasteiger partial charge in [0.1, 0.15) is 15.7 Å². The van der Waals surface area contributed by atoms with Crippen molar-refractivity contribution in [3.8, 4) is 5.75 Å². The fourth-order valence-electron chi connectivity index (χ4n) is 3.28. The fourth-order valence-corrected chi connectivity index (χ4v) is 5.16. The molecule has 170 valence electrons. The van der Waals surface area contributed by atoms with E-state index in [0.29, 0.717) is 42.2 Å². The average molecular weight is 482 g/mol. The third kappa shape index (κ3) is 5.74. The van der Waals surface area contributed by atoms with Crippen LogP contribution in [0.3, 0.4) is 0 Å². The van der Waals surface area contributed by atoms with Crippen molar-refractivity contribution in [3.05, 3.63) is 76.5 Å². The van der Waals surface area contributed by atoms with Crippen LogP contribution in [0, 0.1) is 6.92 Å². The smallest absolute Gasteiger partial charge is 0.287 e. The number of thiazole rings is 1. The molecule has 0 aliphatic carbocycles. The SMILES string of the molecule is Cc1csc(SCc2c(C(=O)NCCCNC(=O)c3cccc(O)c3)oc3ccccc23)n1. The van der Waals surface area contributed by atoms with E-state index in [1.807, 2.05) is 36.6 Å². The third-order valence-electron chi connectivity index (χ3n) is 4.88. The lowest BCUT2D eigenvalue weighted by molar-refractivity contribution is 0.0926. The quantitative estimate of drug-likeness (QED) is 0.236. The van der Waals surface area contributed by atoms with Crippen LogP contribution in [0.15, 0.2) is 62.7 Å². The number of hydrogen-bond donors (Lipinski definition) is 3. The first-order valence-electron chi connectivity index (χ1n) is 10.4. The second-order valence-electron chi connectivity index (χ2n) is 7.37. The van der Waals surface area contributed by atoms with Crippen LogP contribution in [0.4, 0.5) is 0 Å². The van der Waals surface area contributed by atoms with Crippen molar-refractivity contribution in [2.24, 2.45) is 0 Å². The van der Waals surface area contributed by atoms with Crippen molar-refractivity contribution in [3.63, 3.8) is 0 Å². The standard InChI is InChI=1S/C24H23N3O4S2/c1-15-13-32-24(27-15)33-14-19-18-8-2-3-9-20(18)31-21(19)23(30)26-11-5-10-25-22(29)16-6-4-7-17(28)12-16/h2-4,6-9,12-13,28H,5,10-11,14H2,1H3,(H,25,29)(H,26,30). The number of nitrogens with one attached hydrogen (secondary N) is 2. The zero-order valence-corrected chi connectivity index (χ0v) is 19.6. The van der Waals surface area contributed by atoms with Gasteiger partial charge < -0.3 is 20.2 Å². The molecular formula is C24H23N3O4S2. The summed E-state index contributed by atoms with van der Waals surface area (Å²) in [6.07, 6.45) is 0.555. The Morgan fingerprint density at radius 1 is 1.09 bits per heavy atom. The van der Waals surface area contributed by atoms with E-state index in [9.17, 15) is 14.7 Å². The first-order chi connectivity index (χ1) is 16.0. The summed E-state index contributed by atoms with van der Waals surface area (Å²) in [6.45, 7) is 2.73. The van der Waals surface area contributed by atoms with Gasteiger partial charge in [0, 0.05) is 46.4 Å². The summed E-state index contributed by atoms with van der Waals surface area (Å²) in [5, 5.41) is 18.1. The number of benzene rings is 2. The molecular weight excluding hydrogens is 458 g/mol. The van der Waals surface area contributed by atoms with E-state index in [0.717, 1.165) is 21.0 Å². The topological polar surface area (TPSA) is 104 Å². The zero-order valence-electron chi connectivity index (χ0n) is 18.0. The number of hydrogen-bond acceptors (Lipinski definition) is 7. The number of aryl methyl sites for hydroxylation is 1. The Hall–Kier alpha value is -3.30. The van der Waals surface area contributed by atoms with Gasteiger partial charge in [-0.05, 0) is 37.6 Å². The van der Waals surface area contributed by atoms with Crippen LogP contribution in [0.2, 0.25) is 0 Å². The summed E-state index contributed by atoms with van der Waals surface area (Å²) in [5.41, 5.74) is 2.89. The third-order valence-corrected chi connectivity index (χ3v) is 7.04. The van der Waals surface area contributed by atoms with Crippen molar-refractivity contribution in [1.29, 1.82) is 0 Å². The minimum Gasteiger partial charge on any atom is -0.508 e. The molecule has 2 amide bonds. The first-order valence-corrected chi connectivity index (χ1v) is 12.3. The molecule has 7 nitrogen and oxygen atoms in total. The van der Waals surface area contributed by atoms with E-state index in [-0.39, 0.29) is 17.6 Å². The van der Waals surface area contributed by atoms with Gasteiger partial charge in [-0.3, -0.25) is 9.59 Å². The van der Waals surface area contributed by atoms with E-state index < -0.39 is 0 Å². The van der Waals surface area contributed by atoms with E-state index in [1.165, 1.54) is 12.1 Å². The number of phenols is 1. The highest BCUT2D eigenvalue weighted by Crippen LogP contribution is 2.33. The Morgan fingerprint density at radius 2 is 1.88 bits per heavy atom. The number of rotatable bonds is 9. The molecule has 2 aromatic carbocycles. The lowest BCUT2D eigenvalue weighted by Crippen LogP contribution is -2.30. The van der Waals surface area contributed by atoms with Gasteiger partial charge >= 0.3 is 0 Å². The molecule has 0 aliphatic rings. The van der Waals surface area contributed by atoms with Gasteiger partial charge in [0.25, 0.3) is 11.8 Å². The van der Waals surface area contributed by atoms with Gasteiger partial charge in [-0.25, -0.2) is 4.98 Å². The molecule has 2 aromatic heterocycles. The van der Waals surface area contributed by atoms with Crippen LogP contribution in [0.25, 0.3) is 11.0 Å². The molecule has 33 heavy (non-hydrogen) atoms. The number of nitrogens with zero attached hydrogens (tertiary/aromatic N) is 1. The Morgan fingerprint density at radius 3 is 2.64 bits per heavy atom. The summed E-state index contributed by atoms with van der Waals surface area (Å²) in [5.74, 6) is 0.371. The highest BCUT2D eigenvalue weighted by molar-refractivity contribution is 8.00. The Labute approximate surface area is 199 Å². The van der Waals surface area contributed by atoms with Crippen LogP contribution in [0.1, 0.15) is 38.6 Å². The highest BCUT2D eigenvalue weighted by Gasteiger charge is 2.20. The maximum atomic E-state index is 12.9. The summed E-state index contributed by atoms with van der Waals surface area (Å²) in [4.78, 5) is 29.5. The van der Waals surface area contributed by atoms with Crippen molar-refractivity contribution in [2.75, 3.05) is 13.1 Å². The normalized spacial score (nSPS) is 10.9. The maximum Gasteiger partial charge on any atom is 0.287 e. The minimum absolute atomic E-state index is 0.0414. The summed E-state index contributed by atoms with van der Waals surface area (Å²) < 4.78 is 6.83. The van der Waals surface area contributed by atoms with Gasteiger partial charge in [-0.15, -0.1) is 11.3 Å². The molecule has 0 saturated carbocycles. The van der Waals surface area contributed by atoms with Crippen LogP contribution in [-0.4, -0.2) is 35.0 Å². The van der Waals surface area contributed by atoms with Gasteiger partial charge in [0.05, 0.1) is 0 Å². The number of carbonyl (C=O) groups is 2. The molecule has 3 N–H and O–H groups in total. The number of amides is 2. The van der Waals surface area contributed by atoms with E-state index in [1.54, 1.807) is 35.2 Å². The van der Waals surface area contributed by atoms with Gasteiger partial charge in [0.2, 0.25) is 0 Å². The molecule has 0 bridgehead atoms. The molecule has 4 rings (SSSR count).